The Hall–Kier alpha value is -3.07. The van der Waals surface area contributed by atoms with Crippen LogP contribution in [-0.4, -0.2) is 50.2 Å². The lowest BCUT2D eigenvalue weighted by molar-refractivity contribution is -0.128. The zero-order valence-corrected chi connectivity index (χ0v) is 15.9. The first-order valence-corrected chi connectivity index (χ1v) is 8.20. The van der Waals surface area contributed by atoms with E-state index in [1.165, 1.54) is 21.0 Å². The maximum atomic E-state index is 11.9. The summed E-state index contributed by atoms with van der Waals surface area (Å²) in [6.07, 6.45) is 1.36. The molecule has 1 aromatic rings. The molecule has 0 heterocycles. The van der Waals surface area contributed by atoms with Gasteiger partial charge >= 0.3 is 0 Å². The minimum Gasteiger partial charge on any atom is -0.375 e. The number of imide groups is 1. The molecule has 0 saturated heterocycles. The largest absolute Gasteiger partial charge is 0.375 e. The third kappa shape index (κ3) is 9.85. The first kappa shape index (κ1) is 23.9. The number of methoxy groups -OCH3 is 1. The van der Waals surface area contributed by atoms with Crippen molar-refractivity contribution >= 4 is 35.6 Å². The topological polar surface area (TPSA) is 131 Å². The molecule has 0 radical (unpaired) electrons. The van der Waals surface area contributed by atoms with Gasteiger partial charge in [-0.15, -0.1) is 0 Å². The molecule has 0 aromatic heterocycles. The van der Waals surface area contributed by atoms with Crippen LogP contribution in [0, 0.1) is 0 Å². The predicted molar refractivity (Wildman–Crippen MR) is 99.5 cm³/mol. The smallest absolute Gasteiger partial charge is 0.252 e. The van der Waals surface area contributed by atoms with Gasteiger partial charge in [-0.3, -0.25) is 29.3 Å². The molecule has 1 aromatic carbocycles. The van der Waals surface area contributed by atoms with Gasteiger partial charge in [0, 0.05) is 27.5 Å². The highest BCUT2D eigenvalue weighted by Crippen LogP contribution is 2.18. The van der Waals surface area contributed by atoms with Gasteiger partial charge in [-0.05, 0) is 18.6 Å². The van der Waals surface area contributed by atoms with Crippen LogP contribution >= 0.6 is 0 Å². The van der Waals surface area contributed by atoms with Crippen molar-refractivity contribution in [2.45, 2.75) is 27.2 Å². The quantitative estimate of drug-likeness (QED) is 0.603. The highest BCUT2D eigenvalue weighted by Gasteiger charge is 2.15. The highest BCUT2D eigenvalue weighted by atomic mass is 16.5. The summed E-state index contributed by atoms with van der Waals surface area (Å²) in [4.78, 5) is 54.5. The third-order valence-electron chi connectivity index (χ3n) is 2.91. The van der Waals surface area contributed by atoms with Crippen molar-refractivity contribution in [2.75, 3.05) is 25.6 Å². The predicted octanol–water partition coefficient (Wildman–Crippen LogP) is 0.893. The molecule has 0 spiro atoms. The first-order valence-electron chi connectivity index (χ1n) is 8.20. The van der Waals surface area contributed by atoms with E-state index in [0.29, 0.717) is 18.5 Å². The average Bonchev–Trinajstić information content (AvgIpc) is 2.59. The van der Waals surface area contributed by atoms with E-state index in [-0.39, 0.29) is 41.4 Å². The normalized spacial score (nSPS) is 9.33. The van der Waals surface area contributed by atoms with E-state index in [1.807, 2.05) is 12.2 Å². The van der Waals surface area contributed by atoms with Crippen molar-refractivity contribution in [3.8, 4) is 0 Å². The lowest BCUT2D eigenvalue weighted by Crippen LogP contribution is -2.26. The zero-order valence-electron chi connectivity index (χ0n) is 15.9. The molecule has 27 heavy (non-hydrogen) atoms. The Morgan fingerprint density at radius 2 is 1.74 bits per heavy atom. The fraction of sp³-hybridized carbons (Fsp3) is 0.389. The van der Waals surface area contributed by atoms with Crippen LogP contribution in [-0.2, 0) is 19.1 Å². The summed E-state index contributed by atoms with van der Waals surface area (Å²) in [6, 6.07) is 4.71. The number of rotatable bonds is 7. The fourth-order valence-corrected chi connectivity index (χ4v) is 1.90. The summed E-state index contributed by atoms with van der Waals surface area (Å²) in [5.41, 5.74) is 0.695. The summed E-state index contributed by atoms with van der Waals surface area (Å²) in [6.45, 7) is 4.92. The second-order valence-electron chi connectivity index (χ2n) is 5.36. The fourth-order valence-electron chi connectivity index (χ4n) is 1.90. The van der Waals surface area contributed by atoms with Crippen LogP contribution in [0.3, 0.4) is 0 Å². The lowest BCUT2D eigenvalue weighted by atomic mass is 10.1. The minimum atomic E-state index is -0.387. The molecular formula is C18H25N3O6. The van der Waals surface area contributed by atoms with E-state index in [1.54, 1.807) is 18.2 Å². The number of aldehydes is 1. The van der Waals surface area contributed by atoms with Crippen LogP contribution in [0.5, 0.6) is 0 Å². The lowest BCUT2D eigenvalue weighted by Gasteiger charge is -2.11. The Morgan fingerprint density at radius 1 is 1.11 bits per heavy atom. The molecule has 0 atom stereocenters. The summed E-state index contributed by atoms with van der Waals surface area (Å²) in [7, 11) is 1.40. The Morgan fingerprint density at radius 3 is 2.19 bits per heavy atom. The van der Waals surface area contributed by atoms with Gasteiger partial charge in [0.1, 0.15) is 6.61 Å². The highest BCUT2D eigenvalue weighted by molar-refractivity contribution is 6.06. The van der Waals surface area contributed by atoms with Crippen molar-refractivity contribution in [1.29, 1.82) is 0 Å². The molecule has 9 heteroatoms. The van der Waals surface area contributed by atoms with Gasteiger partial charge in [0.05, 0.1) is 16.8 Å². The number of hydrogen-bond donors (Lipinski definition) is 3. The molecule has 0 saturated carbocycles. The number of carbonyl (C=O) groups excluding carboxylic acids is 5. The van der Waals surface area contributed by atoms with Crippen molar-refractivity contribution in [3.63, 3.8) is 0 Å². The Bertz CT molecular complexity index is 676. The molecule has 9 nitrogen and oxygen atoms in total. The van der Waals surface area contributed by atoms with Gasteiger partial charge < -0.3 is 15.4 Å². The van der Waals surface area contributed by atoms with Gasteiger partial charge in [-0.1, -0.05) is 13.0 Å². The molecule has 0 bridgehead atoms. The number of anilines is 1. The molecule has 3 N–H and O–H groups in total. The first-order chi connectivity index (χ1) is 12.8. The van der Waals surface area contributed by atoms with Gasteiger partial charge in [0.2, 0.25) is 17.7 Å². The maximum Gasteiger partial charge on any atom is 0.252 e. The number of benzene rings is 1. The van der Waals surface area contributed by atoms with E-state index >= 15 is 0 Å². The molecule has 1 rings (SSSR count). The van der Waals surface area contributed by atoms with Crippen LogP contribution in [0.25, 0.3) is 0 Å². The van der Waals surface area contributed by atoms with Crippen LogP contribution in [0.2, 0.25) is 0 Å². The summed E-state index contributed by atoms with van der Waals surface area (Å²) < 4.78 is 4.70. The minimum absolute atomic E-state index is 0.120. The van der Waals surface area contributed by atoms with Crippen molar-refractivity contribution < 1.29 is 28.7 Å². The molecule has 0 unspecified atom stereocenters. The standard InChI is InChI=1S/C14H18N2O4.C4H7NO2/c1-3-7-15-14(19)10-5-4-6-12(11(10)8-17)16-13(18)9-20-2;1-3(6)5-4(2)7/h4-6,8H,3,7,9H2,1-2H3,(H,15,19)(H,16,18);1-2H3,(H,5,6,7). The van der Waals surface area contributed by atoms with E-state index in [2.05, 4.69) is 10.6 Å². The van der Waals surface area contributed by atoms with Crippen LogP contribution < -0.4 is 16.0 Å². The number of nitrogens with one attached hydrogen (secondary N) is 3. The average molecular weight is 379 g/mol. The van der Waals surface area contributed by atoms with Crippen molar-refractivity contribution in [3.05, 3.63) is 29.3 Å². The van der Waals surface area contributed by atoms with Crippen molar-refractivity contribution in [2.24, 2.45) is 0 Å². The van der Waals surface area contributed by atoms with Crippen LogP contribution in [0.1, 0.15) is 47.9 Å². The van der Waals surface area contributed by atoms with E-state index in [0.717, 1.165) is 6.42 Å². The SMILES string of the molecule is CC(=O)NC(C)=O.CCCNC(=O)c1cccc(NC(=O)COC)c1C=O. The molecule has 4 amide bonds. The van der Waals surface area contributed by atoms with E-state index in [4.69, 9.17) is 4.74 Å². The number of carbonyl (C=O) groups is 5. The summed E-state index contributed by atoms with van der Waals surface area (Å²) in [5, 5.41) is 7.26. The van der Waals surface area contributed by atoms with Gasteiger partial charge in [-0.25, -0.2) is 0 Å². The molecular weight excluding hydrogens is 354 g/mol. The molecule has 148 valence electrons. The molecule has 0 fully saturated rings. The Balaban J connectivity index is 0.000000821. The van der Waals surface area contributed by atoms with E-state index in [9.17, 15) is 24.0 Å². The Kier molecular flexibility index (Phi) is 11.7. The molecule has 0 aliphatic carbocycles. The monoisotopic (exact) mass is 379 g/mol. The van der Waals surface area contributed by atoms with Crippen LogP contribution in [0.4, 0.5) is 5.69 Å². The maximum absolute atomic E-state index is 11.9. The van der Waals surface area contributed by atoms with Gasteiger partial charge in [0.25, 0.3) is 5.91 Å². The van der Waals surface area contributed by atoms with Gasteiger partial charge in [-0.2, -0.15) is 0 Å². The van der Waals surface area contributed by atoms with E-state index < -0.39 is 0 Å². The molecule has 0 aliphatic rings. The summed E-state index contributed by atoms with van der Waals surface area (Å²) >= 11 is 0. The molecule has 0 aliphatic heterocycles. The second kappa shape index (κ2) is 13.2. The number of ether oxygens (including phenoxy) is 1. The van der Waals surface area contributed by atoms with Crippen molar-refractivity contribution in [1.82, 2.24) is 10.6 Å². The Labute approximate surface area is 157 Å². The van der Waals surface area contributed by atoms with Gasteiger partial charge in [0.15, 0.2) is 6.29 Å². The van der Waals surface area contributed by atoms with Crippen LogP contribution in [0.15, 0.2) is 18.2 Å². The number of hydrogen-bond acceptors (Lipinski definition) is 6. The third-order valence-corrected chi connectivity index (χ3v) is 2.91. The number of amides is 4. The summed E-state index contributed by atoms with van der Waals surface area (Å²) in [5.74, 6) is -1.35. The zero-order chi connectivity index (χ0) is 20.8. The second-order valence-corrected chi connectivity index (χ2v) is 5.36.